The highest BCUT2D eigenvalue weighted by Crippen LogP contribution is 2.30. The van der Waals surface area contributed by atoms with E-state index in [1.807, 2.05) is 6.07 Å². The molecule has 0 spiro atoms. The number of rotatable bonds is 5. The highest BCUT2D eigenvalue weighted by molar-refractivity contribution is 6.26. The van der Waals surface area contributed by atoms with Gasteiger partial charge in [-0.3, -0.25) is 4.79 Å². The van der Waals surface area contributed by atoms with Gasteiger partial charge in [0.1, 0.15) is 12.0 Å². The van der Waals surface area contributed by atoms with Crippen LogP contribution >= 0.6 is 0 Å². The van der Waals surface area contributed by atoms with Crippen LogP contribution in [0.3, 0.4) is 0 Å². The summed E-state index contributed by atoms with van der Waals surface area (Å²) in [6.07, 6.45) is 8.10. The van der Waals surface area contributed by atoms with Crippen molar-refractivity contribution in [3.05, 3.63) is 78.0 Å². The average Bonchev–Trinajstić information content (AvgIpc) is 3.35. The zero-order chi connectivity index (χ0) is 22.1. The maximum Gasteiger partial charge on any atom is 0.347 e. The second-order valence-corrected chi connectivity index (χ2v) is 6.93. The molecule has 4 heterocycles. The minimum Gasteiger partial charge on any atom is -0.462 e. The molecule has 0 amide bonds. The first-order valence-corrected chi connectivity index (χ1v) is 9.88. The predicted molar refractivity (Wildman–Crippen MR) is 117 cm³/mol. The number of H-pyrrole nitrogens is 1. The number of esters is 1. The maximum atomic E-state index is 13.1. The number of ketones is 1. The fourth-order valence-corrected chi connectivity index (χ4v) is 3.44. The molecule has 0 saturated carbocycles. The van der Waals surface area contributed by atoms with Gasteiger partial charge in [-0.25, -0.2) is 19.7 Å². The summed E-state index contributed by atoms with van der Waals surface area (Å²) >= 11 is 0. The summed E-state index contributed by atoms with van der Waals surface area (Å²) in [5, 5.41) is 4.64. The number of carbonyl (C=O) groups is 2. The molecular formula is C23H17N5O4. The van der Waals surface area contributed by atoms with E-state index in [9.17, 15) is 9.59 Å². The van der Waals surface area contributed by atoms with Crippen LogP contribution in [0.2, 0.25) is 0 Å². The molecule has 1 aromatic carbocycles. The number of anilines is 1. The Labute approximate surface area is 181 Å². The number of nitrogens with zero attached hydrogens (tertiary/aromatic N) is 3. The monoisotopic (exact) mass is 427 g/mol. The lowest BCUT2D eigenvalue weighted by Crippen LogP contribution is -2.16. The van der Waals surface area contributed by atoms with E-state index in [1.54, 1.807) is 55.9 Å². The number of hydrogen-bond donors (Lipinski definition) is 2. The number of hydrogen-bond acceptors (Lipinski definition) is 8. The number of allylic oxidation sites excluding steroid dienone is 1. The minimum absolute atomic E-state index is 0.00410. The van der Waals surface area contributed by atoms with Crippen LogP contribution in [0.1, 0.15) is 12.5 Å². The normalized spacial score (nSPS) is 14.9. The van der Waals surface area contributed by atoms with Crippen LogP contribution in [0.15, 0.2) is 72.5 Å². The number of aromatic nitrogens is 4. The van der Waals surface area contributed by atoms with Gasteiger partial charge in [-0.15, -0.1) is 0 Å². The molecule has 158 valence electrons. The van der Waals surface area contributed by atoms with E-state index >= 15 is 0 Å². The number of fused-ring (bicyclic) bond motifs is 2. The Morgan fingerprint density at radius 1 is 1.28 bits per heavy atom. The number of Topliss-reactive ketones (excluding diaryl/α,β-unsaturated/α-hetero) is 1. The van der Waals surface area contributed by atoms with Gasteiger partial charge >= 0.3 is 5.97 Å². The topological polar surface area (TPSA) is 119 Å². The zero-order valence-electron chi connectivity index (χ0n) is 17.0. The molecule has 9 heteroatoms. The third-order valence-corrected chi connectivity index (χ3v) is 4.90. The van der Waals surface area contributed by atoms with Crippen molar-refractivity contribution < 1.29 is 19.1 Å². The van der Waals surface area contributed by atoms with Gasteiger partial charge in [-0.1, -0.05) is 0 Å². The molecule has 3 aromatic heterocycles. The summed E-state index contributed by atoms with van der Waals surface area (Å²) in [6.45, 7) is 1.80. The maximum absolute atomic E-state index is 13.1. The Morgan fingerprint density at radius 2 is 2.19 bits per heavy atom. The summed E-state index contributed by atoms with van der Waals surface area (Å²) < 4.78 is 10.9. The largest absolute Gasteiger partial charge is 0.462 e. The molecule has 2 N–H and O–H groups in total. The van der Waals surface area contributed by atoms with Crippen LogP contribution in [-0.4, -0.2) is 38.3 Å². The second kappa shape index (κ2) is 7.95. The average molecular weight is 427 g/mol. The first-order valence-electron chi connectivity index (χ1n) is 9.88. The number of carbonyl (C=O) groups excluding carboxylic acids is 2. The summed E-state index contributed by atoms with van der Waals surface area (Å²) in [4.78, 5) is 41.1. The van der Waals surface area contributed by atoms with E-state index in [1.165, 1.54) is 6.33 Å². The molecule has 4 aromatic rings. The van der Waals surface area contributed by atoms with Crippen LogP contribution in [0.4, 0.5) is 5.69 Å². The van der Waals surface area contributed by atoms with Crippen molar-refractivity contribution in [2.45, 2.75) is 6.92 Å². The first kappa shape index (κ1) is 19.4. The van der Waals surface area contributed by atoms with Gasteiger partial charge in [-0.2, -0.15) is 0 Å². The summed E-state index contributed by atoms with van der Waals surface area (Å²) in [5.74, 6) is -1.31. The SMILES string of the molecule is CCOC(=O)C1=C(Nc2ccc3ncncc3c2)O/C(=C\c2c[nH]c3ncccc23)C1=O. The molecule has 0 aliphatic carbocycles. The Hall–Kier alpha value is -4.53. The lowest BCUT2D eigenvalue weighted by atomic mass is 10.1. The van der Waals surface area contributed by atoms with E-state index in [4.69, 9.17) is 9.47 Å². The smallest absolute Gasteiger partial charge is 0.347 e. The molecule has 32 heavy (non-hydrogen) atoms. The number of ether oxygens (including phenoxy) is 2. The zero-order valence-corrected chi connectivity index (χ0v) is 17.0. The number of nitrogens with one attached hydrogen (secondary N) is 2. The van der Waals surface area contributed by atoms with Gasteiger partial charge in [0.05, 0.1) is 12.1 Å². The van der Waals surface area contributed by atoms with Crippen molar-refractivity contribution in [3.8, 4) is 0 Å². The van der Waals surface area contributed by atoms with Gasteiger partial charge in [0, 0.05) is 40.6 Å². The van der Waals surface area contributed by atoms with E-state index < -0.39 is 11.8 Å². The summed E-state index contributed by atoms with van der Waals surface area (Å²) in [5.41, 5.74) is 2.57. The predicted octanol–water partition coefficient (Wildman–Crippen LogP) is 3.33. The van der Waals surface area contributed by atoms with E-state index in [0.717, 1.165) is 16.3 Å². The first-order chi connectivity index (χ1) is 15.6. The van der Waals surface area contributed by atoms with Gasteiger partial charge in [0.25, 0.3) is 0 Å². The quantitative estimate of drug-likeness (QED) is 0.283. The Bertz CT molecular complexity index is 1440. The molecule has 0 unspecified atom stereocenters. The molecule has 0 saturated heterocycles. The Balaban J connectivity index is 1.52. The van der Waals surface area contributed by atoms with Crippen molar-refractivity contribution in [2.24, 2.45) is 0 Å². The van der Waals surface area contributed by atoms with Crippen LogP contribution in [0.5, 0.6) is 0 Å². The lowest BCUT2D eigenvalue weighted by Gasteiger charge is -2.09. The Kier molecular flexibility index (Phi) is 4.83. The molecule has 9 nitrogen and oxygen atoms in total. The van der Waals surface area contributed by atoms with Crippen molar-refractivity contribution in [1.82, 2.24) is 19.9 Å². The molecular weight excluding hydrogens is 410 g/mol. The van der Waals surface area contributed by atoms with Gasteiger partial charge in [0.2, 0.25) is 11.7 Å². The molecule has 1 aliphatic heterocycles. The van der Waals surface area contributed by atoms with Crippen LogP contribution in [-0.2, 0) is 19.1 Å². The van der Waals surface area contributed by atoms with E-state index in [2.05, 4.69) is 25.3 Å². The van der Waals surface area contributed by atoms with E-state index in [-0.39, 0.29) is 23.8 Å². The van der Waals surface area contributed by atoms with Crippen LogP contribution in [0.25, 0.3) is 28.0 Å². The van der Waals surface area contributed by atoms with Crippen LogP contribution < -0.4 is 5.32 Å². The van der Waals surface area contributed by atoms with Crippen LogP contribution in [0, 0.1) is 0 Å². The Morgan fingerprint density at radius 3 is 3.06 bits per heavy atom. The van der Waals surface area contributed by atoms with Crippen molar-refractivity contribution in [1.29, 1.82) is 0 Å². The van der Waals surface area contributed by atoms with Crippen molar-refractivity contribution in [3.63, 3.8) is 0 Å². The highest BCUT2D eigenvalue weighted by atomic mass is 16.5. The number of pyridine rings is 1. The second-order valence-electron chi connectivity index (χ2n) is 6.93. The fourth-order valence-electron chi connectivity index (χ4n) is 3.44. The fraction of sp³-hybridized carbons (Fsp3) is 0.0870. The van der Waals surface area contributed by atoms with E-state index in [0.29, 0.717) is 16.9 Å². The third-order valence-electron chi connectivity index (χ3n) is 4.90. The third kappa shape index (κ3) is 3.45. The summed E-state index contributed by atoms with van der Waals surface area (Å²) in [6, 6.07) is 9.04. The molecule has 0 bridgehead atoms. The van der Waals surface area contributed by atoms with Gasteiger partial charge in [0.15, 0.2) is 11.3 Å². The lowest BCUT2D eigenvalue weighted by molar-refractivity contribution is -0.139. The van der Waals surface area contributed by atoms with Crippen molar-refractivity contribution in [2.75, 3.05) is 11.9 Å². The molecule has 0 radical (unpaired) electrons. The molecule has 5 rings (SSSR count). The minimum atomic E-state index is -0.756. The molecule has 0 fully saturated rings. The molecule has 1 aliphatic rings. The standard InChI is InChI=1S/C23H17N5O4/c1-2-31-23(30)19-20(29)18(9-13-11-26-21-16(13)4-3-7-25-21)32-22(19)28-15-5-6-17-14(8-15)10-24-12-27-17/h3-12,28H,2H2,1H3,(H,25,26)/b18-9-. The van der Waals surface area contributed by atoms with Gasteiger partial charge < -0.3 is 19.8 Å². The molecule has 0 atom stereocenters. The van der Waals surface area contributed by atoms with Crippen molar-refractivity contribution >= 4 is 45.5 Å². The number of benzene rings is 1. The summed E-state index contributed by atoms with van der Waals surface area (Å²) in [7, 11) is 0. The highest BCUT2D eigenvalue weighted by Gasteiger charge is 2.37. The number of aromatic amines is 1. The van der Waals surface area contributed by atoms with Gasteiger partial charge in [-0.05, 0) is 43.3 Å².